The van der Waals surface area contributed by atoms with Crippen LogP contribution in [0.25, 0.3) is 6.08 Å². The van der Waals surface area contributed by atoms with Gasteiger partial charge in [0.15, 0.2) is 0 Å². The lowest BCUT2D eigenvalue weighted by molar-refractivity contribution is -0.122. The Hall–Kier alpha value is -2.22. The van der Waals surface area contributed by atoms with Crippen LogP contribution < -0.4 is 5.32 Å². The highest BCUT2D eigenvalue weighted by atomic mass is 79.9. The summed E-state index contributed by atoms with van der Waals surface area (Å²) in [5.74, 6) is -0.193. The van der Waals surface area contributed by atoms with Gasteiger partial charge in [0.25, 0.3) is 5.91 Å². The quantitative estimate of drug-likeness (QED) is 0.373. The van der Waals surface area contributed by atoms with Gasteiger partial charge in [0.05, 0.1) is 10.6 Å². The van der Waals surface area contributed by atoms with E-state index < -0.39 is 0 Å². The van der Waals surface area contributed by atoms with E-state index in [1.54, 1.807) is 4.90 Å². The van der Waals surface area contributed by atoms with Gasteiger partial charge in [0.2, 0.25) is 5.91 Å². The molecule has 0 atom stereocenters. The Labute approximate surface area is 194 Å². The van der Waals surface area contributed by atoms with E-state index in [4.69, 9.17) is 12.2 Å². The first-order valence-corrected chi connectivity index (χ1v) is 11.5. The van der Waals surface area contributed by atoms with Crippen LogP contribution in [0.15, 0.2) is 75.6 Å². The van der Waals surface area contributed by atoms with Crippen molar-refractivity contribution in [3.8, 4) is 0 Å². The highest BCUT2D eigenvalue weighted by Crippen LogP contribution is 2.32. The second-order valence-corrected chi connectivity index (χ2v) is 9.29. The molecule has 2 aromatic carbocycles. The SMILES string of the molecule is CC(/C=C1\SC(=S)N(CCCC(=O)Nc2ccccc2Br)C1=O)=C\c1ccccc1. The van der Waals surface area contributed by atoms with Gasteiger partial charge in [0.1, 0.15) is 4.32 Å². The minimum atomic E-state index is -0.1000. The maximum Gasteiger partial charge on any atom is 0.266 e. The number of carbonyl (C=O) groups excluding carboxylic acids is 2. The third-order valence-electron chi connectivity index (χ3n) is 4.36. The lowest BCUT2D eigenvalue weighted by Crippen LogP contribution is -2.29. The van der Waals surface area contributed by atoms with Crippen molar-refractivity contribution in [2.24, 2.45) is 0 Å². The summed E-state index contributed by atoms with van der Waals surface area (Å²) in [7, 11) is 0. The molecule has 0 bridgehead atoms. The first-order chi connectivity index (χ1) is 14.4. The smallest absolute Gasteiger partial charge is 0.266 e. The van der Waals surface area contributed by atoms with Crippen molar-refractivity contribution in [2.75, 3.05) is 11.9 Å². The second kappa shape index (κ2) is 10.7. The van der Waals surface area contributed by atoms with Gasteiger partial charge in [-0.25, -0.2) is 0 Å². The fraction of sp³-hybridized carbons (Fsp3) is 0.174. The topological polar surface area (TPSA) is 49.4 Å². The van der Waals surface area contributed by atoms with Crippen molar-refractivity contribution in [1.82, 2.24) is 4.90 Å². The number of anilines is 1. The number of allylic oxidation sites excluding steroid dienone is 2. The predicted molar refractivity (Wildman–Crippen MR) is 132 cm³/mol. The van der Waals surface area contributed by atoms with Gasteiger partial charge in [-0.05, 0) is 58.6 Å². The summed E-state index contributed by atoms with van der Waals surface area (Å²) in [6, 6.07) is 17.4. The standard InChI is InChI=1S/C23H21BrN2O2S2/c1-16(14-17-8-3-2-4-9-17)15-20-22(28)26(23(29)30-20)13-7-12-21(27)25-19-11-6-5-10-18(19)24/h2-6,8-11,14-15H,7,12-13H2,1H3,(H,25,27)/b16-14+,20-15-. The molecule has 0 saturated carbocycles. The number of thioether (sulfide) groups is 1. The van der Waals surface area contributed by atoms with E-state index in [1.807, 2.05) is 73.7 Å². The van der Waals surface area contributed by atoms with Crippen LogP contribution in [0.5, 0.6) is 0 Å². The van der Waals surface area contributed by atoms with Crippen molar-refractivity contribution >= 4 is 67.8 Å². The van der Waals surface area contributed by atoms with E-state index in [1.165, 1.54) is 11.8 Å². The van der Waals surface area contributed by atoms with Gasteiger partial charge in [-0.2, -0.15) is 0 Å². The highest BCUT2D eigenvalue weighted by Gasteiger charge is 2.31. The minimum absolute atomic E-state index is 0.0930. The molecular formula is C23H21BrN2O2S2. The number of hydrogen-bond acceptors (Lipinski definition) is 4. The van der Waals surface area contributed by atoms with Crippen molar-refractivity contribution in [1.29, 1.82) is 0 Å². The molecule has 0 aliphatic carbocycles. The monoisotopic (exact) mass is 500 g/mol. The molecule has 0 spiro atoms. The molecule has 1 aliphatic heterocycles. The van der Waals surface area contributed by atoms with Crippen LogP contribution in [0.2, 0.25) is 0 Å². The van der Waals surface area contributed by atoms with E-state index in [9.17, 15) is 9.59 Å². The van der Waals surface area contributed by atoms with Crippen LogP contribution >= 0.6 is 39.9 Å². The Morgan fingerprint density at radius 1 is 1.17 bits per heavy atom. The maximum atomic E-state index is 12.7. The van der Waals surface area contributed by atoms with Gasteiger partial charge in [0, 0.05) is 17.4 Å². The van der Waals surface area contributed by atoms with Gasteiger partial charge >= 0.3 is 0 Å². The van der Waals surface area contributed by atoms with E-state index in [0.29, 0.717) is 28.6 Å². The van der Waals surface area contributed by atoms with E-state index in [2.05, 4.69) is 21.2 Å². The molecule has 1 fully saturated rings. The molecule has 0 unspecified atom stereocenters. The molecule has 2 aromatic rings. The molecule has 1 saturated heterocycles. The van der Waals surface area contributed by atoms with Crippen LogP contribution in [-0.4, -0.2) is 27.6 Å². The highest BCUT2D eigenvalue weighted by molar-refractivity contribution is 9.10. The molecule has 2 amide bonds. The molecule has 4 nitrogen and oxygen atoms in total. The molecule has 30 heavy (non-hydrogen) atoms. The predicted octanol–water partition coefficient (Wildman–Crippen LogP) is 6.02. The molecule has 0 radical (unpaired) electrons. The molecular weight excluding hydrogens is 480 g/mol. The molecule has 0 aromatic heterocycles. The fourth-order valence-corrected chi connectivity index (χ4v) is 4.67. The van der Waals surface area contributed by atoms with E-state index >= 15 is 0 Å². The number of halogens is 1. The summed E-state index contributed by atoms with van der Waals surface area (Å²) in [5.41, 5.74) is 2.80. The molecule has 7 heteroatoms. The van der Waals surface area contributed by atoms with Crippen molar-refractivity contribution in [3.63, 3.8) is 0 Å². The Bertz CT molecular complexity index is 1020. The average Bonchev–Trinajstić information content (AvgIpc) is 2.97. The number of benzene rings is 2. The third kappa shape index (κ3) is 6.14. The number of rotatable bonds is 7. The van der Waals surface area contributed by atoms with Crippen LogP contribution in [0.3, 0.4) is 0 Å². The molecule has 1 heterocycles. The normalized spacial score (nSPS) is 15.7. The lowest BCUT2D eigenvalue weighted by atomic mass is 10.1. The molecule has 1 N–H and O–H groups in total. The van der Waals surface area contributed by atoms with Gasteiger partial charge in [-0.1, -0.05) is 72.5 Å². The largest absolute Gasteiger partial charge is 0.325 e. The molecule has 3 rings (SSSR count). The summed E-state index contributed by atoms with van der Waals surface area (Å²) in [6.07, 6.45) is 4.74. The average molecular weight is 501 g/mol. The van der Waals surface area contributed by atoms with Crippen molar-refractivity contribution in [2.45, 2.75) is 19.8 Å². The third-order valence-corrected chi connectivity index (χ3v) is 6.43. The number of para-hydroxylation sites is 1. The maximum absolute atomic E-state index is 12.7. The first kappa shape index (κ1) is 22.5. The zero-order chi connectivity index (χ0) is 21.5. The number of amides is 2. The Morgan fingerprint density at radius 3 is 2.60 bits per heavy atom. The van der Waals surface area contributed by atoms with Crippen molar-refractivity contribution < 1.29 is 9.59 Å². The molecule has 154 valence electrons. The van der Waals surface area contributed by atoms with Crippen LogP contribution in [-0.2, 0) is 9.59 Å². The molecule has 1 aliphatic rings. The number of hydrogen-bond donors (Lipinski definition) is 1. The zero-order valence-electron chi connectivity index (χ0n) is 16.4. The minimum Gasteiger partial charge on any atom is -0.325 e. The van der Waals surface area contributed by atoms with Gasteiger partial charge < -0.3 is 5.32 Å². The first-order valence-electron chi connectivity index (χ1n) is 9.47. The zero-order valence-corrected chi connectivity index (χ0v) is 19.6. The lowest BCUT2D eigenvalue weighted by Gasteiger charge is -2.14. The summed E-state index contributed by atoms with van der Waals surface area (Å²) in [6.45, 7) is 2.39. The summed E-state index contributed by atoms with van der Waals surface area (Å²) in [5, 5.41) is 2.87. The van der Waals surface area contributed by atoms with Crippen LogP contribution in [0, 0.1) is 0 Å². The number of thiocarbonyl (C=S) groups is 1. The van der Waals surface area contributed by atoms with Crippen molar-refractivity contribution in [3.05, 3.63) is 81.2 Å². The van der Waals surface area contributed by atoms with Crippen LogP contribution in [0.4, 0.5) is 5.69 Å². The van der Waals surface area contributed by atoms with Gasteiger partial charge in [-0.15, -0.1) is 0 Å². The van der Waals surface area contributed by atoms with E-state index in [-0.39, 0.29) is 11.8 Å². The number of nitrogens with zero attached hydrogens (tertiary/aromatic N) is 1. The summed E-state index contributed by atoms with van der Waals surface area (Å²) in [4.78, 5) is 27.1. The Morgan fingerprint density at radius 2 is 1.87 bits per heavy atom. The Balaban J connectivity index is 1.54. The van der Waals surface area contributed by atoms with Crippen LogP contribution in [0.1, 0.15) is 25.3 Å². The Kier molecular flexibility index (Phi) is 8.01. The fourth-order valence-electron chi connectivity index (χ4n) is 2.93. The number of nitrogens with one attached hydrogen (secondary N) is 1. The second-order valence-electron chi connectivity index (χ2n) is 6.76. The number of carbonyl (C=O) groups is 2. The summed E-state index contributed by atoms with van der Waals surface area (Å²) >= 11 is 10.1. The summed E-state index contributed by atoms with van der Waals surface area (Å²) < 4.78 is 1.37. The van der Waals surface area contributed by atoms with E-state index in [0.717, 1.165) is 21.3 Å². The van der Waals surface area contributed by atoms with Gasteiger partial charge in [-0.3, -0.25) is 14.5 Å².